The molecule has 0 amide bonds. The lowest BCUT2D eigenvalue weighted by Crippen LogP contribution is -2.33. The second-order valence-electron chi connectivity index (χ2n) is 4.80. The van der Waals surface area contributed by atoms with Crippen LogP contribution in [0.2, 0.25) is 0 Å². The van der Waals surface area contributed by atoms with Crippen molar-refractivity contribution in [3.8, 4) is 0 Å². The van der Waals surface area contributed by atoms with Crippen LogP contribution in [0.25, 0.3) is 0 Å². The van der Waals surface area contributed by atoms with E-state index in [1.54, 1.807) is 4.90 Å². The van der Waals surface area contributed by atoms with Crippen LogP contribution in [0.1, 0.15) is 30.1 Å². The Morgan fingerprint density at radius 1 is 1.67 bits per heavy atom. The third-order valence-corrected chi connectivity index (χ3v) is 3.42. The lowest BCUT2D eigenvalue weighted by molar-refractivity contribution is -0.384. The van der Waals surface area contributed by atoms with Gasteiger partial charge in [0.15, 0.2) is 0 Å². The van der Waals surface area contributed by atoms with Crippen LogP contribution in [-0.2, 0) is 4.74 Å². The fourth-order valence-electron chi connectivity index (χ4n) is 2.34. The van der Waals surface area contributed by atoms with Crippen molar-refractivity contribution in [3.05, 3.63) is 27.9 Å². The van der Waals surface area contributed by atoms with E-state index in [-0.39, 0.29) is 23.2 Å². The molecule has 1 fully saturated rings. The number of aromatic nitrogens is 1. The zero-order chi connectivity index (χ0) is 15.4. The fraction of sp³-hybridized carbons (Fsp3) is 0.538. The minimum absolute atomic E-state index is 0.0329. The number of rotatable bonds is 6. The molecule has 0 radical (unpaired) electrons. The van der Waals surface area contributed by atoms with Gasteiger partial charge in [-0.3, -0.25) is 10.1 Å². The number of pyridine rings is 1. The second kappa shape index (κ2) is 6.49. The Bertz CT molecular complexity index is 543. The van der Waals surface area contributed by atoms with Crippen molar-refractivity contribution in [2.75, 3.05) is 24.6 Å². The van der Waals surface area contributed by atoms with Gasteiger partial charge in [0.05, 0.1) is 16.6 Å². The molecule has 0 saturated carbocycles. The van der Waals surface area contributed by atoms with E-state index in [9.17, 15) is 14.9 Å². The first-order valence-corrected chi connectivity index (χ1v) is 6.77. The molecule has 1 aromatic heterocycles. The molecule has 0 bridgehead atoms. The Kier molecular flexibility index (Phi) is 4.69. The average Bonchev–Trinajstić information content (AvgIpc) is 2.97. The van der Waals surface area contributed by atoms with Gasteiger partial charge in [-0.2, -0.15) is 0 Å². The smallest absolute Gasteiger partial charge is 0.337 e. The number of likely N-dealkylation sites (N-methyl/N-ethyl adjacent to an activating group) is 1. The minimum atomic E-state index is -1.24. The first kappa shape index (κ1) is 15.2. The van der Waals surface area contributed by atoms with Crippen LogP contribution < -0.4 is 4.90 Å². The van der Waals surface area contributed by atoms with E-state index < -0.39 is 10.9 Å². The SMILES string of the molecule is CCN(CC1CCCO1)c1ncc(C(=O)O)cc1[N+](=O)[O-]. The molecule has 2 rings (SSSR count). The standard InChI is InChI=1S/C13H17N3O5/c1-2-15(8-10-4-3-5-21-10)12-11(16(19)20)6-9(7-14-12)13(17)18/h6-7,10H,2-5,8H2,1H3,(H,17,18). The van der Waals surface area contributed by atoms with Crippen molar-refractivity contribution in [2.45, 2.75) is 25.9 Å². The number of carboxylic acids is 1. The van der Waals surface area contributed by atoms with Gasteiger partial charge in [0.2, 0.25) is 5.82 Å². The molecule has 0 aromatic carbocycles. The van der Waals surface area contributed by atoms with Gasteiger partial charge in [0.25, 0.3) is 0 Å². The van der Waals surface area contributed by atoms with Crippen LogP contribution in [0.4, 0.5) is 11.5 Å². The van der Waals surface area contributed by atoms with Crippen molar-refractivity contribution in [2.24, 2.45) is 0 Å². The number of nitrogens with zero attached hydrogens (tertiary/aromatic N) is 3. The van der Waals surface area contributed by atoms with Crippen LogP contribution in [-0.4, -0.2) is 46.8 Å². The molecule has 0 aliphatic carbocycles. The van der Waals surface area contributed by atoms with Crippen LogP contribution in [0.5, 0.6) is 0 Å². The van der Waals surface area contributed by atoms with Gasteiger partial charge in [-0.05, 0) is 19.8 Å². The van der Waals surface area contributed by atoms with E-state index in [1.165, 1.54) is 0 Å². The van der Waals surface area contributed by atoms with Crippen LogP contribution >= 0.6 is 0 Å². The van der Waals surface area contributed by atoms with Crippen LogP contribution in [0.3, 0.4) is 0 Å². The summed E-state index contributed by atoms with van der Waals surface area (Å²) in [5.74, 6) is -1.05. The summed E-state index contributed by atoms with van der Waals surface area (Å²) in [4.78, 5) is 27.2. The topological polar surface area (TPSA) is 106 Å². The lowest BCUT2D eigenvalue weighted by Gasteiger charge is -2.24. The highest BCUT2D eigenvalue weighted by atomic mass is 16.6. The van der Waals surface area contributed by atoms with E-state index in [0.717, 1.165) is 25.1 Å². The summed E-state index contributed by atoms with van der Waals surface area (Å²) in [6.45, 7) is 3.61. The minimum Gasteiger partial charge on any atom is -0.478 e. The Labute approximate surface area is 121 Å². The van der Waals surface area contributed by atoms with Gasteiger partial charge >= 0.3 is 11.7 Å². The molecule has 0 spiro atoms. The van der Waals surface area contributed by atoms with Crippen molar-refractivity contribution >= 4 is 17.5 Å². The van der Waals surface area contributed by atoms with Gasteiger partial charge < -0.3 is 14.7 Å². The monoisotopic (exact) mass is 295 g/mol. The Hall–Kier alpha value is -2.22. The van der Waals surface area contributed by atoms with Crippen molar-refractivity contribution in [3.63, 3.8) is 0 Å². The van der Waals surface area contributed by atoms with E-state index in [2.05, 4.69) is 4.98 Å². The summed E-state index contributed by atoms with van der Waals surface area (Å²) in [5.41, 5.74) is -0.492. The molecule has 1 aromatic rings. The van der Waals surface area contributed by atoms with Gasteiger partial charge in [-0.25, -0.2) is 9.78 Å². The first-order chi connectivity index (χ1) is 10.0. The highest BCUT2D eigenvalue weighted by Crippen LogP contribution is 2.27. The molecule has 8 nitrogen and oxygen atoms in total. The molecule has 1 unspecified atom stereocenters. The van der Waals surface area contributed by atoms with E-state index in [4.69, 9.17) is 9.84 Å². The summed E-state index contributed by atoms with van der Waals surface area (Å²) in [7, 11) is 0. The number of hydrogen-bond acceptors (Lipinski definition) is 6. The normalized spacial score (nSPS) is 17.7. The number of hydrogen-bond donors (Lipinski definition) is 1. The number of carbonyl (C=O) groups is 1. The number of aromatic carboxylic acids is 1. The zero-order valence-corrected chi connectivity index (χ0v) is 11.7. The third kappa shape index (κ3) is 3.46. The van der Waals surface area contributed by atoms with Gasteiger partial charge in [-0.1, -0.05) is 0 Å². The third-order valence-electron chi connectivity index (χ3n) is 3.42. The maximum absolute atomic E-state index is 11.2. The predicted octanol–water partition coefficient (Wildman–Crippen LogP) is 1.69. The number of carboxylic acid groups (broad SMARTS) is 1. The molecular weight excluding hydrogens is 278 g/mol. The quantitative estimate of drug-likeness (QED) is 0.628. The van der Waals surface area contributed by atoms with Crippen LogP contribution in [0, 0.1) is 10.1 Å². The number of ether oxygens (including phenoxy) is 1. The Balaban J connectivity index is 2.30. The molecule has 8 heteroatoms. The van der Waals surface area contributed by atoms with Gasteiger partial charge in [-0.15, -0.1) is 0 Å². The maximum atomic E-state index is 11.2. The molecular formula is C13H17N3O5. The molecule has 114 valence electrons. The Morgan fingerprint density at radius 3 is 2.95 bits per heavy atom. The van der Waals surface area contributed by atoms with Crippen molar-refractivity contribution in [1.29, 1.82) is 0 Å². The summed E-state index contributed by atoms with van der Waals surface area (Å²) < 4.78 is 5.54. The first-order valence-electron chi connectivity index (χ1n) is 6.77. The van der Waals surface area contributed by atoms with Crippen LogP contribution in [0.15, 0.2) is 12.3 Å². The Morgan fingerprint density at radius 2 is 2.43 bits per heavy atom. The molecule has 1 N–H and O–H groups in total. The zero-order valence-electron chi connectivity index (χ0n) is 11.7. The van der Waals surface area contributed by atoms with Gasteiger partial charge in [0, 0.05) is 32.0 Å². The largest absolute Gasteiger partial charge is 0.478 e. The molecule has 21 heavy (non-hydrogen) atoms. The lowest BCUT2D eigenvalue weighted by atomic mass is 10.2. The summed E-state index contributed by atoms with van der Waals surface area (Å²) >= 11 is 0. The molecule has 1 atom stereocenters. The molecule has 1 aliphatic rings. The maximum Gasteiger partial charge on any atom is 0.337 e. The molecule has 1 aliphatic heterocycles. The molecule has 2 heterocycles. The van der Waals surface area contributed by atoms with E-state index in [0.29, 0.717) is 19.7 Å². The summed E-state index contributed by atoms with van der Waals surface area (Å²) in [6.07, 6.45) is 3.07. The highest BCUT2D eigenvalue weighted by molar-refractivity contribution is 5.88. The average molecular weight is 295 g/mol. The summed E-state index contributed by atoms with van der Waals surface area (Å²) in [6, 6.07) is 1.04. The predicted molar refractivity (Wildman–Crippen MR) is 74.7 cm³/mol. The van der Waals surface area contributed by atoms with E-state index >= 15 is 0 Å². The number of anilines is 1. The van der Waals surface area contributed by atoms with Gasteiger partial charge in [0.1, 0.15) is 0 Å². The fourth-order valence-corrected chi connectivity index (χ4v) is 2.34. The molecule has 1 saturated heterocycles. The van der Waals surface area contributed by atoms with E-state index in [1.807, 2.05) is 6.92 Å². The summed E-state index contributed by atoms with van der Waals surface area (Å²) in [5, 5.41) is 20.1. The van der Waals surface area contributed by atoms with Crippen molar-refractivity contribution in [1.82, 2.24) is 4.98 Å². The van der Waals surface area contributed by atoms with Crippen molar-refractivity contribution < 1.29 is 19.6 Å². The second-order valence-corrected chi connectivity index (χ2v) is 4.80. The number of nitro groups is 1. The highest BCUT2D eigenvalue weighted by Gasteiger charge is 2.26.